The Morgan fingerprint density at radius 1 is 1.43 bits per heavy atom. The van der Waals surface area contributed by atoms with E-state index in [0.29, 0.717) is 6.42 Å². The van der Waals surface area contributed by atoms with Gasteiger partial charge in [-0.1, -0.05) is 11.6 Å². The van der Waals surface area contributed by atoms with Crippen molar-refractivity contribution in [3.8, 4) is 0 Å². The quantitative estimate of drug-likeness (QED) is 0.618. The van der Waals surface area contributed by atoms with E-state index in [9.17, 15) is 4.79 Å². The van der Waals surface area contributed by atoms with Crippen LogP contribution in [-0.2, 0) is 18.9 Å². The number of nitrogens with two attached hydrogens (primary N) is 1. The number of allylic oxidation sites excluding steroid dienone is 1. The molecule has 0 bridgehead atoms. The van der Waals surface area contributed by atoms with Gasteiger partial charge in [-0.05, 0) is 40.0 Å². The SMILES string of the molecule is COC1C(OC(N)=O)CC[C@]2(CO2)C1C1(C)O[C@@H]1CC=C(C)C. The van der Waals surface area contributed by atoms with Gasteiger partial charge >= 0.3 is 6.09 Å². The third-order valence-electron chi connectivity index (χ3n) is 5.50. The third kappa shape index (κ3) is 2.99. The molecule has 0 aromatic carbocycles. The zero-order chi connectivity index (χ0) is 16.8. The molecule has 3 rings (SSSR count). The fraction of sp³-hybridized carbons (Fsp3) is 0.824. The number of primary amides is 1. The van der Waals surface area contributed by atoms with Crippen LogP contribution < -0.4 is 5.73 Å². The van der Waals surface area contributed by atoms with E-state index in [4.69, 9.17) is 24.7 Å². The van der Waals surface area contributed by atoms with Crippen molar-refractivity contribution in [2.45, 2.75) is 69.5 Å². The maximum atomic E-state index is 11.2. The average Bonchev–Trinajstić information content (AvgIpc) is 3.37. The number of carbonyl (C=O) groups excluding carboxylic acids is 1. The van der Waals surface area contributed by atoms with E-state index < -0.39 is 6.09 Å². The first kappa shape index (κ1) is 16.7. The molecule has 0 aromatic rings. The van der Waals surface area contributed by atoms with E-state index in [1.54, 1.807) is 7.11 Å². The lowest BCUT2D eigenvalue weighted by Gasteiger charge is -2.42. The van der Waals surface area contributed by atoms with Crippen LogP contribution in [0.2, 0.25) is 0 Å². The van der Waals surface area contributed by atoms with Gasteiger partial charge in [0.15, 0.2) is 0 Å². The first-order chi connectivity index (χ1) is 10.8. The summed E-state index contributed by atoms with van der Waals surface area (Å²) in [5, 5.41) is 0. The summed E-state index contributed by atoms with van der Waals surface area (Å²) in [7, 11) is 1.65. The number of epoxide rings is 2. The second kappa shape index (κ2) is 5.76. The Balaban J connectivity index is 1.79. The zero-order valence-electron chi connectivity index (χ0n) is 14.3. The van der Waals surface area contributed by atoms with Gasteiger partial charge in [0.25, 0.3) is 0 Å². The van der Waals surface area contributed by atoms with Crippen LogP contribution in [0.5, 0.6) is 0 Å². The summed E-state index contributed by atoms with van der Waals surface area (Å²) in [5.41, 5.74) is 5.98. The second-order valence-corrected chi connectivity index (χ2v) is 7.35. The number of rotatable bonds is 5. The topological polar surface area (TPSA) is 86.6 Å². The maximum Gasteiger partial charge on any atom is 0.404 e. The smallest absolute Gasteiger partial charge is 0.404 e. The Morgan fingerprint density at radius 2 is 2.13 bits per heavy atom. The molecule has 3 fully saturated rings. The molecule has 0 radical (unpaired) electrons. The van der Waals surface area contributed by atoms with E-state index in [1.807, 2.05) is 0 Å². The predicted molar refractivity (Wildman–Crippen MR) is 84.0 cm³/mol. The van der Waals surface area contributed by atoms with Crippen LogP contribution in [0.4, 0.5) is 4.79 Å². The molecule has 2 heterocycles. The first-order valence-corrected chi connectivity index (χ1v) is 8.26. The molecule has 1 saturated carbocycles. The minimum absolute atomic E-state index is 0.0358. The molecule has 4 unspecified atom stereocenters. The summed E-state index contributed by atoms with van der Waals surface area (Å²) in [6, 6.07) is 0. The van der Waals surface area contributed by atoms with Gasteiger partial charge in [0, 0.05) is 7.11 Å². The van der Waals surface area contributed by atoms with Crippen LogP contribution in [0.1, 0.15) is 40.0 Å². The summed E-state index contributed by atoms with van der Waals surface area (Å²) in [5.74, 6) is 0.0358. The number of ether oxygens (including phenoxy) is 4. The molecule has 1 amide bonds. The minimum atomic E-state index is -0.758. The Labute approximate surface area is 137 Å². The summed E-state index contributed by atoms with van der Waals surface area (Å²) in [4.78, 5) is 11.2. The highest BCUT2D eigenvalue weighted by atomic mass is 16.6. The normalized spacial score (nSPS) is 44.7. The lowest BCUT2D eigenvalue weighted by atomic mass is 9.68. The summed E-state index contributed by atoms with van der Waals surface area (Å²) >= 11 is 0. The van der Waals surface area contributed by atoms with Gasteiger partial charge in [0.05, 0.1) is 18.6 Å². The largest absolute Gasteiger partial charge is 0.444 e. The van der Waals surface area contributed by atoms with Gasteiger partial charge in [-0.3, -0.25) is 0 Å². The molecule has 2 saturated heterocycles. The van der Waals surface area contributed by atoms with Crippen LogP contribution in [0.25, 0.3) is 0 Å². The van der Waals surface area contributed by atoms with Crippen LogP contribution in [-0.4, -0.2) is 49.3 Å². The van der Waals surface area contributed by atoms with Crippen molar-refractivity contribution < 1.29 is 23.7 Å². The van der Waals surface area contributed by atoms with Crippen molar-refractivity contribution in [2.75, 3.05) is 13.7 Å². The fourth-order valence-electron chi connectivity index (χ4n) is 4.22. The van der Waals surface area contributed by atoms with Gasteiger partial charge < -0.3 is 24.7 Å². The van der Waals surface area contributed by atoms with Gasteiger partial charge in [-0.15, -0.1) is 0 Å². The highest BCUT2D eigenvalue weighted by molar-refractivity contribution is 5.64. The minimum Gasteiger partial charge on any atom is -0.444 e. The summed E-state index contributed by atoms with van der Waals surface area (Å²) < 4.78 is 22.9. The van der Waals surface area contributed by atoms with Crippen LogP contribution in [0.3, 0.4) is 0 Å². The molecule has 23 heavy (non-hydrogen) atoms. The molecule has 0 aromatic heterocycles. The summed E-state index contributed by atoms with van der Waals surface area (Å²) in [6.07, 6.45) is 3.39. The molecule has 2 aliphatic heterocycles. The van der Waals surface area contributed by atoms with Crippen molar-refractivity contribution in [3.63, 3.8) is 0 Å². The molecule has 1 spiro atoms. The Hall–Kier alpha value is -1.11. The van der Waals surface area contributed by atoms with Crippen molar-refractivity contribution in [3.05, 3.63) is 11.6 Å². The van der Waals surface area contributed by atoms with Gasteiger partial charge in [-0.25, -0.2) is 4.79 Å². The second-order valence-electron chi connectivity index (χ2n) is 7.35. The van der Waals surface area contributed by atoms with Crippen molar-refractivity contribution in [1.82, 2.24) is 0 Å². The lowest BCUT2D eigenvalue weighted by Crippen LogP contribution is -2.55. The van der Waals surface area contributed by atoms with Crippen LogP contribution in [0, 0.1) is 5.92 Å². The average molecular weight is 325 g/mol. The first-order valence-electron chi connectivity index (χ1n) is 8.26. The molecular formula is C17H27NO5. The molecule has 130 valence electrons. The molecule has 6 atom stereocenters. The summed E-state index contributed by atoms with van der Waals surface area (Å²) in [6.45, 7) is 7.00. The van der Waals surface area contributed by atoms with E-state index >= 15 is 0 Å². The molecule has 3 aliphatic rings. The van der Waals surface area contributed by atoms with Crippen molar-refractivity contribution in [1.29, 1.82) is 0 Å². The maximum absolute atomic E-state index is 11.2. The Morgan fingerprint density at radius 3 is 2.65 bits per heavy atom. The fourth-order valence-corrected chi connectivity index (χ4v) is 4.22. The van der Waals surface area contributed by atoms with Gasteiger partial charge in [0.1, 0.15) is 23.4 Å². The molecule has 6 nitrogen and oxygen atoms in total. The molecule has 6 heteroatoms. The molecule has 2 N–H and O–H groups in total. The van der Waals surface area contributed by atoms with E-state index in [2.05, 4.69) is 26.8 Å². The van der Waals surface area contributed by atoms with Gasteiger partial charge in [-0.2, -0.15) is 0 Å². The standard InChI is InChI=1S/C17H27NO5/c1-10(2)5-6-12-16(3,23-12)14-13(20-4)11(22-15(18)19)7-8-17(14)9-21-17/h5,11-14H,6-9H2,1-4H3,(H2,18,19)/t11?,12-,13?,14?,16?,17+/m1/s1. The number of methoxy groups -OCH3 is 1. The van der Waals surface area contributed by atoms with E-state index in [-0.39, 0.29) is 35.4 Å². The van der Waals surface area contributed by atoms with Crippen molar-refractivity contribution >= 4 is 6.09 Å². The monoisotopic (exact) mass is 325 g/mol. The van der Waals surface area contributed by atoms with Crippen LogP contribution >= 0.6 is 0 Å². The van der Waals surface area contributed by atoms with E-state index in [0.717, 1.165) is 19.4 Å². The Kier molecular flexibility index (Phi) is 4.19. The van der Waals surface area contributed by atoms with E-state index in [1.165, 1.54) is 5.57 Å². The number of amides is 1. The third-order valence-corrected chi connectivity index (χ3v) is 5.50. The lowest BCUT2D eigenvalue weighted by molar-refractivity contribution is -0.117. The highest BCUT2D eigenvalue weighted by Crippen LogP contribution is 2.59. The number of hydrogen-bond donors (Lipinski definition) is 1. The molecular weight excluding hydrogens is 298 g/mol. The number of hydrogen-bond acceptors (Lipinski definition) is 5. The number of carbonyl (C=O) groups is 1. The van der Waals surface area contributed by atoms with Crippen molar-refractivity contribution in [2.24, 2.45) is 11.7 Å². The zero-order valence-corrected chi connectivity index (χ0v) is 14.3. The highest BCUT2D eigenvalue weighted by Gasteiger charge is 2.72. The van der Waals surface area contributed by atoms with Crippen LogP contribution in [0.15, 0.2) is 11.6 Å². The molecule has 1 aliphatic carbocycles. The Bertz CT molecular complexity index is 511. The van der Waals surface area contributed by atoms with Gasteiger partial charge in [0.2, 0.25) is 0 Å². The predicted octanol–water partition coefficient (Wildman–Crippen LogP) is 2.16.